The van der Waals surface area contributed by atoms with E-state index in [1.54, 1.807) is 0 Å². The van der Waals surface area contributed by atoms with Gasteiger partial charge in [0.05, 0.1) is 0 Å². The third-order valence-electron chi connectivity index (χ3n) is 2.09. The van der Waals surface area contributed by atoms with Crippen molar-refractivity contribution >= 4 is 11.6 Å². The number of aliphatic hydroxyl groups is 1. The molecule has 0 aliphatic carbocycles. The molecule has 1 atom stereocenters. The molecule has 4 heteroatoms. The minimum Gasteiger partial charge on any atom is -0.375 e. The van der Waals surface area contributed by atoms with Crippen molar-refractivity contribution in [2.24, 2.45) is 5.73 Å². The zero-order valence-corrected chi connectivity index (χ0v) is 8.17. The summed E-state index contributed by atoms with van der Waals surface area (Å²) in [5.74, 6) is -0.932. The van der Waals surface area contributed by atoms with E-state index in [0.717, 1.165) is 6.42 Å². The molecule has 0 rings (SSSR count). The summed E-state index contributed by atoms with van der Waals surface area (Å²) in [6, 6.07) is 0. The fourth-order valence-electron chi connectivity index (χ4n) is 0.870. The van der Waals surface area contributed by atoms with Crippen LogP contribution in [-0.2, 0) is 9.59 Å². The van der Waals surface area contributed by atoms with Crippen LogP contribution in [0.5, 0.6) is 0 Å². The molecule has 0 amide bonds. The lowest BCUT2D eigenvalue weighted by Crippen LogP contribution is -2.42. The molecule has 0 aliphatic rings. The van der Waals surface area contributed by atoms with Crippen LogP contribution in [0.2, 0.25) is 0 Å². The number of Topliss-reactive ketones (excluding diaryl/α,β-unsaturated/α-hetero) is 2. The standard InChI is InChI=1S/C9H17NO3/c1-7(11)9(2,13)8(12)5-3-4-6-10/h13H,3-6,10H2,1-2H3/t9-/m0/s1. The second kappa shape index (κ2) is 5.09. The highest BCUT2D eigenvalue weighted by Gasteiger charge is 2.34. The molecule has 0 aromatic rings. The van der Waals surface area contributed by atoms with Crippen LogP contribution < -0.4 is 5.73 Å². The molecular formula is C9H17NO3. The van der Waals surface area contributed by atoms with Crippen LogP contribution >= 0.6 is 0 Å². The molecular weight excluding hydrogens is 170 g/mol. The van der Waals surface area contributed by atoms with Gasteiger partial charge in [-0.3, -0.25) is 9.59 Å². The number of hydrogen-bond donors (Lipinski definition) is 2. The Hall–Kier alpha value is -0.740. The van der Waals surface area contributed by atoms with E-state index < -0.39 is 17.2 Å². The normalized spacial score (nSPS) is 15.1. The molecule has 0 aromatic heterocycles. The van der Waals surface area contributed by atoms with Crippen LogP contribution in [-0.4, -0.2) is 28.8 Å². The Balaban J connectivity index is 4.03. The van der Waals surface area contributed by atoms with E-state index >= 15 is 0 Å². The van der Waals surface area contributed by atoms with Crippen molar-refractivity contribution in [2.45, 2.75) is 38.7 Å². The van der Waals surface area contributed by atoms with E-state index in [-0.39, 0.29) is 6.42 Å². The van der Waals surface area contributed by atoms with Gasteiger partial charge >= 0.3 is 0 Å². The molecule has 0 spiro atoms. The van der Waals surface area contributed by atoms with Gasteiger partial charge in [-0.05, 0) is 33.2 Å². The summed E-state index contributed by atoms with van der Waals surface area (Å²) in [5, 5.41) is 9.43. The molecule has 0 saturated heterocycles. The molecule has 0 aliphatic heterocycles. The van der Waals surface area contributed by atoms with Crippen LogP contribution in [0.3, 0.4) is 0 Å². The molecule has 0 saturated carbocycles. The van der Waals surface area contributed by atoms with Crippen molar-refractivity contribution in [1.82, 2.24) is 0 Å². The monoisotopic (exact) mass is 187 g/mol. The van der Waals surface area contributed by atoms with Crippen molar-refractivity contribution in [3.63, 3.8) is 0 Å². The van der Waals surface area contributed by atoms with Crippen LogP contribution in [0.4, 0.5) is 0 Å². The number of nitrogens with two attached hydrogens (primary N) is 1. The maximum Gasteiger partial charge on any atom is 0.177 e. The van der Waals surface area contributed by atoms with Gasteiger partial charge in [-0.15, -0.1) is 0 Å². The second-order valence-corrected chi connectivity index (χ2v) is 3.30. The van der Waals surface area contributed by atoms with E-state index in [0.29, 0.717) is 13.0 Å². The van der Waals surface area contributed by atoms with Gasteiger partial charge in [-0.1, -0.05) is 0 Å². The van der Waals surface area contributed by atoms with Crippen LogP contribution in [0.1, 0.15) is 33.1 Å². The van der Waals surface area contributed by atoms with Crippen molar-refractivity contribution in [2.75, 3.05) is 6.54 Å². The first-order valence-electron chi connectivity index (χ1n) is 4.39. The smallest absolute Gasteiger partial charge is 0.177 e. The molecule has 0 heterocycles. The van der Waals surface area contributed by atoms with Crippen LogP contribution in [0.25, 0.3) is 0 Å². The van der Waals surface area contributed by atoms with Gasteiger partial charge in [-0.2, -0.15) is 0 Å². The summed E-state index contributed by atoms with van der Waals surface area (Å²) in [7, 11) is 0. The summed E-state index contributed by atoms with van der Waals surface area (Å²) in [5.41, 5.74) is 3.43. The Morgan fingerprint density at radius 2 is 1.92 bits per heavy atom. The minimum atomic E-state index is -1.81. The zero-order chi connectivity index (χ0) is 10.5. The molecule has 4 nitrogen and oxygen atoms in total. The SMILES string of the molecule is CC(=O)[C@](C)(O)C(=O)CCCCN. The quantitative estimate of drug-likeness (QED) is 0.454. The Kier molecular flexibility index (Phi) is 4.80. The van der Waals surface area contributed by atoms with Gasteiger partial charge in [-0.25, -0.2) is 0 Å². The van der Waals surface area contributed by atoms with Crippen molar-refractivity contribution < 1.29 is 14.7 Å². The molecule has 0 aromatic carbocycles. The Bertz CT molecular complexity index is 199. The van der Waals surface area contributed by atoms with E-state index in [4.69, 9.17) is 5.73 Å². The lowest BCUT2D eigenvalue weighted by Gasteiger charge is -2.17. The summed E-state index contributed by atoms with van der Waals surface area (Å²) in [6.45, 7) is 2.97. The molecule has 0 unspecified atom stereocenters. The van der Waals surface area contributed by atoms with E-state index in [1.807, 2.05) is 0 Å². The van der Waals surface area contributed by atoms with E-state index in [9.17, 15) is 14.7 Å². The van der Waals surface area contributed by atoms with Crippen molar-refractivity contribution in [3.8, 4) is 0 Å². The first-order chi connectivity index (χ1) is 5.92. The zero-order valence-electron chi connectivity index (χ0n) is 8.17. The molecule has 0 radical (unpaired) electrons. The Morgan fingerprint density at radius 1 is 1.38 bits per heavy atom. The largest absolute Gasteiger partial charge is 0.375 e. The number of carbonyl (C=O) groups is 2. The Morgan fingerprint density at radius 3 is 2.31 bits per heavy atom. The first kappa shape index (κ1) is 12.3. The van der Waals surface area contributed by atoms with Gasteiger partial charge < -0.3 is 10.8 Å². The summed E-state index contributed by atoms with van der Waals surface area (Å²) >= 11 is 0. The lowest BCUT2D eigenvalue weighted by atomic mass is 9.93. The molecule has 76 valence electrons. The third kappa shape index (κ3) is 3.65. The third-order valence-corrected chi connectivity index (χ3v) is 2.09. The molecule has 3 N–H and O–H groups in total. The predicted octanol–water partition coefficient (Wildman–Crippen LogP) is 0.0245. The topological polar surface area (TPSA) is 80.4 Å². The maximum atomic E-state index is 11.3. The highest BCUT2D eigenvalue weighted by molar-refractivity contribution is 6.08. The molecule has 0 bridgehead atoms. The maximum absolute atomic E-state index is 11.3. The second-order valence-electron chi connectivity index (χ2n) is 3.30. The summed E-state index contributed by atoms with van der Waals surface area (Å²) in [4.78, 5) is 22.1. The van der Waals surface area contributed by atoms with Crippen molar-refractivity contribution in [3.05, 3.63) is 0 Å². The fraction of sp³-hybridized carbons (Fsp3) is 0.778. The lowest BCUT2D eigenvalue weighted by molar-refractivity contribution is -0.147. The average Bonchev–Trinajstić information content (AvgIpc) is 2.04. The Labute approximate surface area is 78.1 Å². The predicted molar refractivity (Wildman–Crippen MR) is 49.2 cm³/mol. The highest BCUT2D eigenvalue weighted by Crippen LogP contribution is 2.11. The minimum absolute atomic E-state index is 0.212. The molecule has 0 fully saturated rings. The number of hydrogen-bond acceptors (Lipinski definition) is 4. The van der Waals surface area contributed by atoms with Crippen LogP contribution in [0, 0.1) is 0 Å². The number of ketones is 2. The highest BCUT2D eigenvalue weighted by atomic mass is 16.3. The van der Waals surface area contributed by atoms with Crippen molar-refractivity contribution in [1.29, 1.82) is 0 Å². The van der Waals surface area contributed by atoms with Gasteiger partial charge in [0.15, 0.2) is 17.2 Å². The number of unbranched alkanes of at least 4 members (excludes halogenated alkanes) is 1. The number of rotatable bonds is 6. The number of carbonyl (C=O) groups excluding carboxylic acids is 2. The van der Waals surface area contributed by atoms with Crippen LogP contribution in [0.15, 0.2) is 0 Å². The first-order valence-corrected chi connectivity index (χ1v) is 4.39. The van der Waals surface area contributed by atoms with E-state index in [2.05, 4.69) is 0 Å². The average molecular weight is 187 g/mol. The van der Waals surface area contributed by atoms with Gasteiger partial charge in [0.25, 0.3) is 0 Å². The van der Waals surface area contributed by atoms with Gasteiger partial charge in [0.1, 0.15) is 0 Å². The van der Waals surface area contributed by atoms with Gasteiger partial charge in [0, 0.05) is 6.42 Å². The summed E-state index contributed by atoms with van der Waals surface area (Å²) in [6.07, 6.45) is 1.57. The molecule has 13 heavy (non-hydrogen) atoms. The fourth-order valence-corrected chi connectivity index (χ4v) is 0.870. The van der Waals surface area contributed by atoms with Gasteiger partial charge in [0.2, 0.25) is 0 Å². The van der Waals surface area contributed by atoms with E-state index in [1.165, 1.54) is 13.8 Å². The summed E-state index contributed by atoms with van der Waals surface area (Å²) < 4.78 is 0.